The number of benzene rings is 2. The Morgan fingerprint density at radius 1 is 1.04 bits per heavy atom. The zero-order chi connectivity index (χ0) is 20.3. The van der Waals surface area contributed by atoms with E-state index in [0.717, 1.165) is 0 Å². The summed E-state index contributed by atoms with van der Waals surface area (Å²) in [5.74, 6) is 0.548. The van der Waals surface area contributed by atoms with Crippen molar-refractivity contribution in [2.75, 3.05) is 13.7 Å². The van der Waals surface area contributed by atoms with E-state index in [0.29, 0.717) is 22.5 Å². The number of carbonyl (C=O) groups excluding carboxylic acids is 1. The summed E-state index contributed by atoms with van der Waals surface area (Å²) in [4.78, 5) is 23.8. The van der Waals surface area contributed by atoms with Gasteiger partial charge in [-0.3, -0.25) is 4.79 Å². The summed E-state index contributed by atoms with van der Waals surface area (Å²) in [5, 5.41) is 0.356. The van der Waals surface area contributed by atoms with Gasteiger partial charge < -0.3 is 18.6 Å². The normalized spacial score (nSPS) is 11.3. The summed E-state index contributed by atoms with van der Waals surface area (Å²) in [5.41, 5.74) is 1.25. The third-order valence-electron chi connectivity index (χ3n) is 4.25. The summed E-state index contributed by atoms with van der Waals surface area (Å²) in [7, 11) is 1.28. The molecule has 3 aromatic rings. The maximum Gasteiger partial charge on any atom is 0.343 e. The number of methoxy groups -OCH3 is 1. The molecule has 0 atom stereocenters. The average Bonchev–Trinajstić information content (AvgIpc) is 2.68. The SMILES string of the molecule is COC(=O)COc1ccc2c(=O)c(Oc3ccc(C(C)(C)C)cc3)coc2c1. The fourth-order valence-electron chi connectivity index (χ4n) is 2.60. The summed E-state index contributed by atoms with van der Waals surface area (Å²) in [6.45, 7) is 6.16. The molecule has 6 heteroatoms. The molecule has 0 spiro atoms. The molecule has 2 aromatic carbocycles. The minimum atomic E-state index is -0.497. The Morgan fingerprint density at radius 2 is 1.71 bits per heavy atom. The van der Waals surface area contributed by atoms with E-state index >= 15 is 0 Å². The van der Waals surface area contributed by atoms with Crippen molar-refractivity contribution < 1.29 is 23.4 Å². The van der Waals surface area contributed by atoms with Crippen molar-refractivity contribution in [2.45, 2.75) is 26.2 Å². The van der Waals surface area contributed by atoms with Gasteiger partial charge in [-0.2, -0.15) is 0 Å². The highest BCUT2D eigenvalue weighted by Crippen LogP contribution is 2.27. The van der Waals surface area contributed by atoms with Crippen LogP contribution in [0.5, 0.6) is 17.2 Å². The van der Waals surface area contributed by atoms with Gasteiger partial charge in [-0.15, -0.1) is 0 Å². The molecule has 0 aliphatic heterocycles. The molecule has 0 aliphatic rings. The average molecular weight is 382 g/mol. The van der Waals surface area contributed by atoms with Crippen LogP contribution in [-0.2, 0) is 14.9 Å². The zero-order valence-electron chi connectivity index (χ0n) is 16.3. The van der Waals surface area contributed by atoms with E-state index in [1.807, 2.05) is 24.3 Å². The molecule has 1 heterocycles. The Kier molecular flexibility index (Phi) is 5.40. The monoisotopic (exact) mass is 382 g/mol. The predicted octanol–water partition coefficient (Wildman–Crippen LogP) is 4.43. The summed E-state index contributed by atoms with van der Waals surface area (Å²) >= 11 is 0. The van der Waals surface area contributed by atoms with Crippen LogP contribution in [0.1, 0.15) is 26.3 Å². The molecule has 0 amide bonds. The molecule has 28 heavy (non-hydrogen) atoms. The first kappa shape index (κ1) is 19.5. The van der Waals surface area contributed by atoms with Gasteiger partial charge in [-0.1, -0.05) is 32.9 Å². The van der Waals surface area contributed by atoms with Crippen molar-refractivity contribution in [1.29, 1.82) is 0 Å². The van der Waals surface area contributed by atoms with E-state index < -0.39 is 5.97 Å². The van der Waals surface area contributed by atoms with Crippen molar-refractivity contribution >= 4 is 16.9 Å². The van der Waals surface area contributed by atoms with E-state index in [2.05, 4.69) is 25.5 Å². The van der Waals surface area contributed by atoms with Crippen molar-refractivity contribution in [3.63, 3.8) is 0 Å². The number of fused-ring (bicyclic) bond motifs is 1. The molecule has 1 aromatic heterocycles. The van der Waals surface area contributed by atoms with Crippen molar-refractivity contribution in [3.8, 4) is 17.2 Å². The van der Waals surface area contributed by atoms with Crippen LogP contribution in [0.3, 0.4) is 0 Å². The molecular formula is C22H22O6. The molecule has 0 aliphatic carbocycles. The van der Waals surface area contributed by atoms with Gasteiger partial charge in [0.1, 0.15) is 23.3 Å². The number of hydrogen-bond donors (Lipinski definition) is 0. The fraction of sp³-hybridized carbons (Fsp3) is 0.273. The van der Waals surface area contributed by atoms with Crippen molar-refractivity contribution in [2.24, 2.45) is 0 Å². The van der Waals surface area contributed by atoms with Gasteiger partial charge >= 0.3 is 5.97 Å². The smallest absolute Gasteiger partial charge is 0.343 e. The van der Waals surface area contributed by atoms with Gasteiger partial charge in [0.05, 0.1) is 12.5 Å². The molecule has 0 fully saturated rings. The van der Waals surface area contributed by atoms with Crippen LogP contribution in [0.2, 0.25) is 0 Å². The van der Waals surface area contributed by atoms with Crippen LogP contribution in [-0.4, -0.2) is 19.7 Å². The molecule has 0 saturated carbocycles. The number of carbonyl (C=O) groups is 1. The molecule has 0 unspecified atom stereocenters. The van der Waals surface area contributed by atoms with Gasteiger partial charge in [-0.25, -0.2) is 4.79 Å². The third-order valence-corrected chi connectivity index (χ3v) is 4.25. The lowest BCUT2D eigenvalue weighted by atomic mass is 9.87. The topological polar surface area (TPSA) is 75.0 Å². The molecule has 0 saturated heterocycles. The standard InChI is InChI=1S/C22H22O6/c1-22(2,3)14-5-7-15(8-6-14)28-19-12-27-18-11-16(26-13-20(23)25-4)9-10-17(18)21(19)24/h5-12H,13H2,1-4H3. The highest BCUT2D eigenvalue weighted by atomic mass is 16.6. The number of ether oxygens (including phenoxy) is 3. The molecule has 3 rings (SSSR count). The van der Waals surface area contributed by atoms with E-state index in [1.54, 1.807) is 18.2 Å². The second-order valence-electron chi connectivity index (χ2n) is 7.33. The lowest BCUT2D eigenvalue weighted by molar-refractivity contribution is -0.142. The van der Waals surface area contributed by atoms with Gasteiger partial charge in [0.15, 0.2) is 6.61 Å². The number of rotatable bonds is 5. The summed E-state index contributed by atoms with van der Waals surface area (Å²) < 4.78 is 21.1. The Hall–Kier alpha value is -3.28. The molecule has 6 nitrogen and oxygen atoms in total. The third kappa shape index (κ3) is 4.34. The van der Waals surface area contributed by atoms with Gasteiger partial charge in [-0.05, 0) is 35.2 Å². The summed E-state index contributed by atoms with van der Waals surface area (Å²) in [6, 6.07) is 12.3. The first-order chi connectivity index (χ1) is 13.3. The lowest BCUT2D eigenvalue weighted by Crippen LogP contribution is -2.12. The number of hydrogen-bond acceptors (Lipinski definition) is 6. The largest absolute Gasteiger partial charge is 0.482 e. The predicted molar refractivity (Wildman–Crippen MR) is 105 cm³/mol. The van der Waals surface area contributed by atoms with Gasteiger partial charge in [0.25, 0.3) is 0 Å². The Bertz CT molecular complexity index is 1040. The van der Waals surface area contributed by atoms with Crippen LogP contribution in [0.25, 0.3) is 11.0 Å². The maximum absolute atomic E-state index is 12.7. The molecular weight excluding hydrogens is 360 g/mol. The molecule has 0 bridgehead atoms. The van der Waals surface area contributed by atoms with Gasteiger partial charge in [0.2, 0.25) is 11.2 Å². The van der Waals surface area contributed by atoms with Crippen LogP contribution in [0, 0.1) is 0 Å². The van der Waals surface area contributed by atoms with Crippen molar-refractivity contribution in [3.05, 3.63) is 64.5 Å². The maximum atomic E-state index is 12.7. The zero-order valence-corrected chi connectivity index (χ0v) is 16.3. The second-order valence-corrected chi connectivity index (χ2v) is 7.33. The Morgan fingerprint density at radius 3 is 2.36 bits per heavy atom. The molecule has 146 valence electrons. The Labute approximate surface area is 162 Å². The van der Waals surface area contributed by atoms with Crippen LogP contribution in [0.15, 0.2) is 57.9 Å². The Balaban J connectivity index is 1.82. The quantitative estimate of drug-likeness (QED) is 0.608. The highest BCUT2D eigenvalue weighted by Gasteiger charge is 2.14. The van der Waals surface area contributed by atoms with E-state index in [4.69, 9.17) is 13.9 Å². The van der Waals surface area contributed by atoms with E-state index in [9.17, 15) is 9.59 Å². The van der Waals surface area contributed by atoms with Gasteiger partial charge in [0, 0.05) is 6.07 Å². The highest BCUT2D eigenvalue weighted by molar-refractivity contribution is 5.79. The number of esters is 1. The van der Waals surface area contributed by atoms with E-state index in [-0.39, 0.29) is 23.2 Å². The second kappa shape index (κ2) is 7.76. The lowest BCUT2D eigenvalue weighted by Gasteiger charge is -2.19. The van der Waals surface area contributed by atoms with Crippen LogP contribution >= 0.6 is 0 Å². The molecule has 0 N–H and O–H groups in total. The minimum absolute atomic E-state index is 0.0359. The van der Waals surface area contributed by atoms with E-state index in [1.165, 1.54) is 18.9 Å². The fourth-order valence-corrected chi connectivity index (χ4v) is 2.60. The minimum Gasteiger partial charge on any atom is -0.482 e. The first-order valence-corrected chi connectivity index (χ1v) is 8.81. The molecule has 0 radical (unpaired) electrons. The van der Waals surface area contributed by atoms with Crippen LogP contribution in [0.4, 0.5) is 0 Å². The summed E-state index contributed by atoms with van der Waals surface area (Å²) in [6.07, 6.45) is 1.27. The first-order valence-electron chi connectivity index (χ1n) is 8.81. The van der Waals surface area contributed by atoms with Crippen molar-refractivity contribution in [1.82, 2.24) is 0 Å². The van der Waals surface area contributed by atoms with Crippen LogP contribution < -0.4 is 14.9 Å².